The van der Waals surface area contributed by atoms with Gasteiger partial charge < -0.3 is 10.2 Å². The lowest BCUT2D eigenvalue weighted by atomic mass is 10.3. The second-order valence-electron chi connectivity index (χ2n) is 2.32. The van der Waals surface area contributed by atoms with E-state index in [2.05, 4.69) is 9.78 Å². The summed E-state index contributed by atoms with van der Waals surface area (Å²) in [5, 5.41) is 15.4. The molecule has 0 aromatic carbocycles. The molecule has 0 amide bonds. The Balaban J connectivity index is 0.000000223. The minimum absolute atomic E-state index is 0.778. The van der Waals surface area contributed by atoms with Gasteiger partial charge in [-0.25, -0.2) is 9.78 Å². The van der Waals surface area contributed by atoms with E-state index in [1.54, 1.807) is 0 Å². The number of hydrogen-bond acceptors (Lipinski definition) is 4. The van der Waals surface area contributed by atoms with Gasteiger partial charge in [0.15, 0.2) is 0 Å². The maximum atomic E-state index is 9.43. The predicted molar refractivity (Wildman–Crippen MR) is 41.0 cm³/mol. The molecule has 1 fully saturated rings. The van der Waals surface area contributed by atoms with E-state index in [1.807, 2.05) is 0 Å². The molecule has 0 aromatic heterocycles. The highest BCUT2D eigenvalue weighted by Gasteiger charge is 2.01. The van der Waals surface area contributed by atoms with Gasteiger partial charge in [0.1, 0.15) is 6.42 Å². The third kappa shape index (κ3) is 10.9. The molecule has 1 rings (SSSR count). The zero-order valence-electron chi connectivity index (χ0n) is 7.06. The fourth-order valence-electron chi connectivity index (χ4n) is 0.569. The number of hydrogen-bond donors (Lipinski definition) is 2. The molecule has 13 heavy (non-hydrogen) atoms. The summed E-state index contributed by atoms with van der Waals surface area (Å²) in [5.74, 6) is -2.62. The Morgan fingerprint density at radius 3 is 1.46 bits per heavy atom. The highest BCUT2D eigenvalue weighted by molar-refractivity contribution is 5.88. The van der Waals surface area contributed by atoms with Crippen molar-refractivity contribution in [1.82, 2.24) is 0 Å². The largest absolute Gasteiger partial charge is 0.481 e. The van der Waals surface area contributed by atoms with Crippen molar-refractivity contribution in [3.05, 3.63) is 0 Å². The van der Waals surface area contributed by atoms with Gasteiger partial charge in [0.2, 0.25) is 0 Å². The molecule has 76 valence electrons. The Morgan fingerprint density at radius 1 is 1.00 bits per heavy atom. The van der Waals surface area contributed by atoms with Gasteiger partial charge in [-0.05, 0) is 12.8 Å². The summed E-state index contributed by atoms with van der Waals surface area (Å²) in [5.41, 5.74) is 0. The molecule has 0 radical (unpaired) electrons. The van der Waals surface area contributed by atoms with Crippen LogP contribution in [-0.4, -0.2) is 35.4 Å². The highest BCUT2D eigenvalue weighted by atomic mass is 17.2. The van der Waals surface area contributed by atoms with Crippen LogP contribution >= 0.6 is 0 Å². The van der Waals surface area contributed by atoms with Crippen LogP contribution in [0.2, 0.25) is 0 Å². The first-order chi connectivity index (χ1) is 6.13. The molecular weight excluding hydrogens is 180 g/mol. The van der Waals surface area contributed by atoms with E-state index < -0.39 is 18.4 Å². The van der Waals surface area contributed by atoms with Crippen molar-refractivity contribution in [2.75, 3.05) is 13.2 Å². The molecule has 2 N–H and O–H groups in total. The van der Waals surface area contributed by atoms with Crippen LogP contribution in [0, 0.1) is 0 Å². The van der Waals surface area contributed by atoms with Crippen LogP contribution in [0.5, 0.6) is 0 Å². The van der Waals surface area contributed by atoms with Crippen molar-refractivity contribution >= 4 is 11.9 Å². The van der Waals surface area contributed by atoms with E-state index in [0.29, 0.717) is 0 Å². The number of carbonyl (C=O) groups is 2. The smallest absolute Gasteiger partial charge is 0.314 e. The monoisotopic (exact) mass is 192 g/mol. The fourth-order valence-corrected chi connectivity index (χ4v) is 0.569. The lowest BCUT2D eigenvalue weighted by molar-refractivity contribution is -0.312. The van der Waals surface area contributed by atoms with Crippen LogP contribution in [0.15, 0.2) is 0 Å². The van der Waals surface area contributed by atoms with Crippen LogP contribution in [0.25, 0.3) is 0 Å². The molecule has 1 aliphatic heterocycles. The van der Waals surface area contributed by atoms with Gasteiger partial charge in [-0.15, -0.1) is 0 Å². The molecular formula is C7H12O6. The first-order valence-electron chi connectivity index (χ1n) is 3.81. The normalized spacial score (nSPS) is 15.4. The Hall–Kier alpha value is -1.14. The van der Waals surface area contributed by atoms with Crippen molar-refractivity contribution < 1.29 is 29.6 Å². The zero-order valence-corrected chi connectivity index (χ0v) is 7.06. The van der Waals surface area contributed by atoms with Gasteiger partial charge >= 0.3 is 11.9 Å². The maximum absolute atomic E-state index is 9.43. The van der Waals surface area contributed by atoms with Crippen LogP contribution < -0.4 is 0 Å². The molecule has 0 aliphatic carbocycles. The second-order valence-corrected chi connectivity index (χ2v) is 2.32. The van der Waals surface area contributed by atoms with E-state index in [4.69, 9.17) is 10.2 Å². The predicted octanol–water partition coefficient (Wildman–Crippen LogP) is 0.274. The first kappa shape index (κ1) is 11.9. The van der Waals surface area contributed by atoms with Crippen LogP contribution in [0.4, 0.5) is 0 Å². The molecule has 1 saturated heterocycles. The number of rotatable bonds is 2. The number of carboxylic acids is 2. The van der Waals surface area contributed by atoms with Gasteiger partial charge in [0.25, 0.3) is 0 Å². The van der Waals surface area contributed by atoms with E-state index in [1.165, 1.54) is 0 Å². The molecule has 0 saturated carbocycles. The Morgan fingerprint density at radius 2 is 1.38 bits per heavy atom. The summed E-state index contributed by atoms with van der Waals surface area (Å²) in [6.45, 7) is 1.56. The molecule has 6 heteroatoms. The Labute approximate surface area is 75.0 Å². The summed E-state index contributed by atoms with van der Waals surface area (Å²) in [4.78, 5) is 28.0. The van der Waals surface area contributed by atoms with E-state index in [-0.39, 0.29) is 0 Å². The minimum Gasteiger partial charge on any atom is -0.481 e. The number of aliphatic carboxylic acids is 2. The second kappa shape index (κ2) is 7.51. The average molecular weight is 192 g/mol. The minimum atomic E-state index is -1.31. The van der Waals surface area contributed by atoms with Crippen molar-refractivity contribution in [3.8, 4) is 0 Å². The lowest BCUT2D eigenvalue weighted by Gasteiger charge is -2.07. The Kier molecular flexibility index (Phi) is 6.85. The quantitative estimate of drug-likeness (QED) is 0.482. The summed E-state index contributed by atoms with van der Waals surface area (Å²) >= 11 is 0. The van der Waals surface area contributed by atoms with E-state index in [9.17, 15) is 9.59 Å². The topological polar surface area (TPSA) is 93.1 Å². The van der Waals surface area contributed by atoms with Crippen LogP contribution in [-0.2, 0) is 19.4 Å². The summed E-state index contributed by atoms with van der Waals surface area (Å²) in [6.07, 6.45) is 1.50. The molecule has 0 spiro atoms. The molecule has 0 aromatic rings. The summed E-state index contributed by atoms with van der Waals surface area (Å²) in [6, 6.07) is 0. The maximum Gasteiger partial charge on any atom is 0.314 e. The summed E-state index contributed by atoms with van der Waals surface area (Å²) < 4.78 is 0. The van der Waals surface area contributed by atoms with Crippen LogP contribution in [0.1, 0.15) is 19.3 Å². The number of carboxylic acid groups (broad SMARTS) is 2. The standard InChI is InChI=1S/C4H8O2.C3H4O4/c1-2-4-6-5-3-1;4-2(5)1-3(6)7/h1-4H2;1H2,(H,4,5)(H,6,7). The molecule has 0 atom stereocenters. The van der Waals surface area contributed by atoms with Crippen molar-refractivity contribution in [2.45, 2.75) is 19.3 Å². The fraction of sp³-hybridized carbons (Fsp3) is 0.714. The molecule has 6 nitrogen and oxygen atoms in total. The lowest BCUT2D eigenvalue weighted by Crippen LogP contribution is -2.05. The molecule has 0 bridgehead atoms. The van der Waals surface area contributed by atoms with Gasteiger partial charge in [-0.2, -0.15) is 0 Å². The zero-order chi connectivity index (χ0) is 10.1. The third-order valence-electron chi connectivity index (χ3n) is 1.09. The summed E-state index contributed by atoms with van der Waals surface area (Å²) in [7, 11) is 0. The molecule has 1 heterocycles. The molecule has 1 aliphatic rings. The van der Waals surface area contributed by atoms with Crippen molar-refractivity contribution in [1.29, 1.82) is 0 Å². The highest BCUT2D eigenvalue weighted by Crippen LogP contribution is 1.97. The van der Waals surface area contributed by atoms with Crippen molar-refractivity contribution in [2.24, 2.45) is 0 Å². The SMILES string of the molecule is C1CCOOC1.O=C(O)CC(=O)O. The first-order valence-corrected chi connectivity index (χ1v) is 3.81. The van der Waals surface area contributed by atoms with Crippen LogP contribution in [0.3, 0.4) is 0 Å². The Bertz CT molecular complexity index is 139. The third-order valence-corrected chi connectivity index (χ3v) is 1.09. The van der Waals surface area contributed by atoms with Gasteiger partial charge in [-0.3, -0.25) is 9.59 Å². The van der Waals surface area contributed by atoms with Gasteiger partial charge in [0.05, 0.1) is 13.2 Å². The van der Waals surface area contributed by atoms with E-state index >= 15 is 0 Å². The van der Waals surface area contributed by atoms with E-state index in [0.717, 1.165) is 26.1 Å². The van der Waals surface area contributed by atoms with Gasteiger partial charge in [-0.1, -0.05) is 0 Å². The average Bonchev–Trinajstić information content (AvgIpc) is 2.06. The van der Waals surface area contributed by atoms with Crippen molar-refractivity contribution in [3.63, 3.8) is 0 Å². The van der Waals surface area contributed by atoms with Gasteiger partial charge in [0, 0.05) is 0 Å². The molecule has 0 unspecified atom stereocenters.